The lowest BCUT2D eigenvalue weighted by molar-refractivity contribution is 0.102. The predicted octanol–water partition coefficient (Wildman–Crippen LogP) is 4.65. The molecule has 0 atom stereocenters. The number of carbonyl (C=O) groups is 1. The summed E-state index contributed by atoms with van der Waals surface area (Å²) in [7, 11) is 0. The second kappa shape index (κ2) is 7.74. The highest BCUT2D eigenvalue weighted by Gasteiger charge is 2.13. The van der Waals surface area contributed by atoms with Gasteiger partial charge in [-0.25, -0.2) is 4.98 Å². The zero-order chi connectivity index (χ0) is 19.5. The summed E-state index contributed by atoms with van der Waals surface area (Å²) in [6.07, 6.45) is 1.70. The maximum Gasteiger partial charge on any atom is 0.275 e. The molecular formula is C21H19N5OS. The van der Waals surface area contributed by atoms with Gasteiger partial charge in [-0.2, -0.15) is 0 Å². The first-order valence-corrected chi connectivity index (χ1v) is 9.84. The number of anilines is 1. The molecule has 0 radical (unpaired) electrons. The number of aryl methyl sites for hydroxylation is 2. The van der Waals surface area contributed by atoms with Crippen LogP contribution < -0.4 is 5.32 Å². The Morgan fingerprint density at radius 1 is 1.14 bits per heavy atom. The summed E-state index contributed by atoms with van der Waals surface area (Å²) in [5.74, 6) is 0.539. The molecule has 1 N–H and O–H groups in total. The van der Waals surface area contributed by atoms with E-state index in [1.54, 1.807) is 11.7 Å². The lowest BCUT2D eigenvalue weighted by Crippen LogP contribution is -2.12. The van der Waals surface area contributed by atoms with E-state index in [0.29, 0.717) is 11.4 Å². The number of nitrogens with zero attached hydrogens (tertiary/aromatic N) is 4. The lowest BCUT2D eigenvalue weighted by Gasteiger charge is -2.07. The molecular weight excluding hydrogens is 370 g/mol. The Bertz CT molecular complexity index is 1110. The molecule has 0 spiro atoms. The molecule has 0 saturated carbocycles. The first-order valence-electron chi connectivity index (χ1n) is 8.96. The third-order valence-electron chi connectivity index (χ3n) is 4.37. The summed E-state index contributed by atoms with van der Waals surface area (Å²) in [6.45, 7) is 4.85. The summed E-state index contributed by atoms with van der Waals surface area (Å²) in [6, 6.07) is 15.7. The predicted molar refractivity (Wildman–Crippen MR) is 111 cm³/mol. The summed E-state index contributed by atoms with van der Waals surface area (Å²) < 4.78 is 1.95. The van der Waals surface area contributed by atoms with E-state index >= 15 is 0 Å². The van der Waals surface area contributed by atoms with Crippen LogP contribution in [0.1, 0.15) is 23.0 Å². The Labute approximate surface area is 166 Å². The average molecular weight is 389 g/mol. The highest BCUT2D eigenvalue weighted by molar-refractivity contribution is 7.13. The minimum atomic E-state index is -0.233. The number of rotatable bonds is 5. The van der Waals surface area contributed by atoms with Crippen LogP contribution in [0.3, 0.4) is 0 Å². The number of thiazole rings is 1. The number of amides is 1. The van der Waals surface area contributed by atoms with Crippen molar-refractivity contribution in [2.24, 2.45) is 0 Å². The highest BCUT2D eigenvalue weighted by atomic mass is 32.1. The number of aromatic nitrogens is 4. The van der Waals surface area contributed by atoms with Crippen LogP contribution in [0.4, 0.5) is 5.69 Å². The molecule has 28 heavy (non-hydrogen) atoms. The Morgan fingerprint density at radius 2 is 1.96 bits per heavy atom. The molecule has 7 heteroatoms. The first-order chi connectivity index (χ1) is 13.6. The van der Waals surface area contributed by atoms with Crippen LogP contribution >= 0.6 is 11.3 Å². The Morgan fingerprint density at radius 3 is 2.75 bits per heavy atom. The van der Waals surface area contributed by atoms with Gasteiger partial charge < -0.3 is 9.88 Å². The molecule has 0 aliphatic rings. The van der Waals surface area contributed by atoms with Gasteiger partial charge in [-0.15, -0.1) is 21.5 Å². The van der Waals surface area contributed by atoms with Crippen LogP contribution in [0.15, 0.2) is 60.2 Å². The Hall–Kier alpha value is -3.32. The number of hydrogen-bond acceptors (Lipinski definition) is 5. The molecule has 0 unspecified atom stereocenters. The molecule has 4 aromatic rings. The van der Waals surface area contributed by atoms with E-state index in [4.69, 9.17) is 0 Å². The van der Waals surface area contributed by atoms with E-state index in [-0.39, 0.29) is 5.91 Å². The molecule has 4 rings (SSSR count). The van der Waals surface area contributed by atoms with E-state index in [0.717, 1.165) is 28.5 Å². The standard InChI is InChI=1S/C21H19N5OS/c1-3-26-13-22-25-19(26)16-5-4-6-17(11-16)23-20(27)18-12-28-21(24-18)15-9-7-14(2)8-10-15/h4-13H,3H2,1-2H3,(H,23,27). The van der Waals surface area contributed by atoms with Gasteiger partial charge in [-0.1, -0.05) is 42.0 Å². The smallest absolute Gasteiger partial charge is 0.275 e. The first kappa shape index (κ1) is 18.1. The number of hydrogen-bond donors (Lipinski definition) is 1. The summed E-state index contributed by atoms with van der Waals surface area (Å²) in [4.78, 5) is 17.1. The van der Waals surface area contributed by atoms with Crippen molar-refractivity contribution in [1.29, 1.82) is 0 Å². The van der Waals surface area contributed by atoms with Gasteiger partial charge in [-0.05, 0) is 26.0 Å². The second-order valence-electron chi connectivity index (χ2n) is 6.38. The molecule has 0 fully saturated rings. The number of benzene rings is 2. The van der Waals surface area contributed by atoms with Crippen molar-refractivity contribution in [3.63, 3.8) is 0 Å². The molecule has 0 aliphatic carbocycles. The molecule has 2 heterocycles. The van der Waals surface area contributed by atoms with Crippen LogP contribution in [-0.4, -0.2) is 25.7 Å². The number of carbonyl (C=O) groups excluding carboxylic acids is 1. The van der Waals surface area contributed by atoms with E-state index in [9.17, 15) is 4.79 Å². The summed E-state index contributed by atoms with van der Waals surface area (Å²) in [5.41, 5.74) is 4.20. The van der Waals surface area contributed by atoms with E-state index in [2.05, 4.69) is 20.5 Å². The lowest BCUT2D eigenvalue weighted by atomic mass is 10.1. The third-order valence-corrected chi connectivity index (χ3v) is 5.26. The van der Waals surface area contributed by atoms with Crippen molar-refractivity contribution in [1.82, 2.24) is 19.7 Å². The van der Waals surface area contributed by atoms with Crippen molar-refractivity contribution < 1.29 is 4.79 Å². The summed E-state index contributed by atoms with van der Waals surface area (Å²) in [5, 5.41) is 13.7. The van der Waals surface area contributed by atoms with Crippen molar-refractivity contribution in [2.75, 3.05) is 5.32 Å². The fourth-order valence-corrected chi connectivity index (χ4v) is 3.65. The van der Waals surface area contributed by atoms with Gasteiger partial charge in [0.1, 0.15) is 17.0 Å². The largest absolute Gasteiger partial charge is 0.321 e. The van der Waals surface area contributed by atoms with Crippen LogP contribution in [0, 0.1) is 6.92 Å². The van der Waals surface area contributed by atoms with Gasteiger partial charge in [0.2, 0.25) is 0 Å². The summed E-state index contributed by atoms with van der Waals surface area (Å²) >= 11 is 1.46. The average Bonchev–Trinajstić information content (AvgIpc) is 3.38. The molecule has 0 aliphatic heterocycles. The minimum absolute atomic E-state index is 0.233. The quantitative estimate of drug-likeness (QED) is 0.539. The van der Waals surface area contributed by atoms with Crippen molar-refractivity contribution >= 4 is 22.9 Å². The van der Waals surface area contributed by atoms with Crippen molar-refractivity contribution in [2.45, 2.75) is 20.4 Å². The van der Waals surface area contributed by atoms with Gasteiger partial charge in [0.25, 0.3) is 5.91 Å². The van der Waals surface area contributed by atoms with Crippen LogP contribution in [0.25, 0.3) is 22.0 Å². The maximum absolute atomic E-state index is 12.6. The molecule has 0 bridgehead atoms. The molecule has 6 nitrogen and oxygen atoms in total. The molecule has 2 aromatic carbocycles. The van der Waals surface area contributed by atoms with Gasteiger partial charge >= 0.3 is 0 Å². The Kier molecular flexibility index (Phi) is 4.99. The fourth-order valence-electron chi connectivity index (χ4n) is 2.85. The van der Waals surface area contributed by atoms with Crippen LogP contribution in [-0.2, 0) is 6.54 Å². The topological polar surface area (TPSA) is 72.7 Å². The van der Waals surface area contributed by atoms with Crippen LogP contribution in [0.5, 0.6) is 0 Å². The Balaban J connectivity index is 1.53. The molecule has 2 aromatic heterocycles. The third kappa shape index (κ3) is 3.70. The number of nitrogens with one attached hydrogen (secondary N) is 1. The molecule has 140 valence electrons. The fraction of sp³-hybridized carbons (Fsp3) is 0.143. The SMILES string of the molecule is CCn1cnnc1-c1cccc(NC(=O)c2csc(-c3ccc(C)cc3)n2)c1. The van der Waals surface area contributed by atoms with Gasteiger partial charge in [0.15, 0.2) is 5.82 Å². The van der Waals surface area contributed by atoms with E-state index < -0.39 is 0 Å². The van der Waals surface area contributed by atoms with Gasteiger partial charge in [0.05, 0.1) is 0 Å². The zero-order valence-corrected chi connectivity index (χ0v) is 16.4. The maximum atomic E-state index is 12.6. The zero-order valence-electron chi connectivity index (χ0n) is 15.6. The van der Waals surface area contributed by atoms with Crippen molar-refractivity contribution in [3.8, 4) is 22.0 Å². The minimum Gasteiger partial charge on any atom is -0.321 e. The molecule has 1 amide bonds. The monoisotopic (exact) mass is 389 g/mol. The van der Waals surface area contributed by atoms with Gasteiger partial charge in [-0.3, -0.25) is 4.79 Å². The second-order valence-corrected chi connectivity index (χ2v) is 7.24. The van der Waals surface area contributed by atoms with Gasteiger partial charge in [0, 0.05) is 28.7 Å². The van der Waals surface area contributed by atoms with E-state index in [1.807, 2.05) is 66.9 Å². The van der Waals surface area contributed by atoms with E-state index in [1.165, 1.54) is 16.9 Å². The van der Waals surface area contributed by atoms with Crippen molar-refractivity contribution in [3.05, 3.63) is 71.5 Å². The normalized spacial score (nSPS) is 10.8. The highest BCUT2D eigenvalue weighted by Crippen LogP contribution is 2.25. The molecule has 0 saturated heterocycles. The van der Waals surface area contributed by atoms with Crippen LogP contribution in [0.2, 0.25) is 0 Å².